The third kappa shape index (κ3) is 8.10. The summed E-state index contributed by atoms with van der Waals surface area (Å²) in [6, 6.07) is 3.88. The van der Waals surface area contributed by atoms with Gasteiger partial charge >= 0.3 is 12.0 Å². The summed E-state index contributed by atoms with van der Waals surface area (Å²) in [5, 5.41) is 2.10. The highest BCUT2D eigenvalue weighted by atomic mass is 32.2. The molecule has 34 heavy (non-hydrogen) atoms. The molecule has 17 heteroatoms. The molecule has 0 unspecified atom stereocenters. The number of hydrogen-bond donors (Lipinski definition) is 4. The van der Waals surface area contributed by atoms with Gasteiger partial charge in [0.05, 0.1) is 24.3 Å². The van der Waals surface area contributed by atoms with E-state index in [4.69, 9.17) is 15.4 Å². The van der Waals surface area contributed by atoms with Crippen molar-refractivity contribution in [3.8, 4) is 11.8 Å². The smallest absolute Gasteiger partial charge is 0.335 e. The van der Waals surface area contributed by atoms with E-state index in [2.05, 4.69) is 24.8 Å². The van der Waals surface area contributed by atoms with Crippen LogP contribution < -0.4 is 30.2 Å². The number of urea groups is 1. The molecule has 0 aliphatic carbocycles. The number of ether oxygens (including phenoxy) is 2. The number of esters is 1. The molecule has 0 fully saturated rings. The lowest BCUT2D eigenvalue weighted by Crippen LogP contribution is -2.35. The van der Waals surface area contributed by atoms with Gasteiger partial charge < -0.3 is 14.3 Å². The normalized spacial score (nSPS) is 11.4. The molecule has 0 bridgehead atoms. The van der Waals surface area contributed by atoms with Crippen molar-refractivity contribution in [1.82, 2.24) is 19.4 Å². The lowest BCUT2D eigenvalue weighted by atomic mass is 10.1. The van der Waals surface area contributed by atoms with Gasteiger partial charge in [-0.15, -0.1) is 0 Å². The standard InChI is InChI=1S/C17H22N6O9S2/c1-10(24)31-9-12-5-4-11(8-19-33(3,26)27)6-13(12)34(28,29)23-17(25)22-16-20-14(30-2)7-15(21-16)32-18/h4-7,19H,8-9,18H2,1-3H3,(H2,20,21,22,23,25). The van der Waals surface area contributed by atoms with Gasteiger partial charge in [-0.05, 0) is 11.6 Å². The first-order chi connectivity index (χ1) is 15.8. The van der Waals surface area contributed by atoms with Gasteiger partial charge in [0.1, 0.15) is 6.61 Å². The molecular formula is C17H22N6O9S2. The van der Waals surface area contributed by atoms with Crippen LogP contribution in [-0.2, 0) is 42.7 Å². The maximum Gasteiger partial charge on any atom is 0.335 e. The van der Waals surface area contributed by atoms with E-state index < -0.39 is 43.5 Å². The molecule has 1 aromatic carbocycles. The molecule has 0 saturated carbocycles. The van der Waals surface area contributed by atoms with Crippen LogP contribution in [0, 0.1) is 0 Å². The summed E-state index contributed by atoms with van der Waals surface area (Å²) in [5.74, 6) is 3.80. The van der Waals surface area contributed by atoms with Crippen LogP contribution >= 0.6 is 0 Å². The molecule has 0 saturated heterocycles. The molecule has 15 nitrogen and oxygen atoms in total. The van der Waals surface area contributed by atoms with Crippen LogP contribution in [0.15, 0.2) is 29.2 Å². The van der Waals surface area contributed by atoms with E-state index in [0.717, 1.165) is 19.2 Å². The van der Waals surface area contributed by atoms with E-state index >= 15 is 0 Å². The first kappa shape index (κ1) is 26.7. The maximum absolute atomic E-state index is 12.9. The molecule has 2 rings (SSSR count). The summed E-state index contributed by atoms with van der Waals surface area (Å²) >= 11 is 0. The number of nitrogens with two attached hydrogens (primary N) is 1. The maximum atomic E-state index is 12.9. The predicted octanol–water partition coefficient (Wildman–Crippen LogP) is -0.640. The van der Waals surface area contributed by atoms with Crippen LogP contribution in [0.3, 0.4) is 0 Å². The number of hydrogen-bond acceptors (Lipinski definition) is 12. The minimum absolute atomic E-state index is 0.0247. The van der Waals surface area contributed by atoms with Gasteiger partial charge in [0, 0.05) is 19.0 Å². The number of nitrogens with zero attached hydrogens (tertiary/aromatic N) is 2. The number of anilines is 1. The lowest BCUT2D eigenvalue weighted by Gasteiger charge is -2.14. The van der Waals surface area contributed by atoms with Gasteiger partial charge in [-0.3, -0.25) is 10.1 Å². The van der Waals surface area contributed by atoms with Crippen molar-refractivity contribution in [3.63, 3.8) is 0 Å². The van der Waals surface area contributed by atoms with Crippen molar-refractivity contribution in [3.05, 3.63) is 35.4 Å². The third-order valence-electron chi connectivity index (χ3n) is 3.85. The van der Waals surface area contributed by atoms with Gasteiger partial charge in [-0.2, -0.15) is 15.9 Å². The van der Waals surface area contributed by atoms with E-state index in [1.807, 2.05) is 0 Å². The number of benzene rings is 1. The molecular weight excluding hydrogens is 496 g/mol. The molecule has 2 amide bonds. The van der Waals surface area contributed by atoms with Crippen molar-refractivity contribution >= 4 is 38.0 Å². The second-order valence-corrected chi connectivity index (χ2v) is 10.0. The van der Waals surface area contributed by atoms with Crippen LogP contribution in [0.25, 0.3) is 0 Å². The Labute approximate surface area is 195 Å². The van der Waals surface area contributed by atoms with E-state index in [1.54, 1.807) is 4.72 Å². The summed E-state index contributed by atoms with van der Waals surface area (Å²) in [7, 11) is -6.81. The number of carbonyl (C=O) groups excluding carboxylic acids is 2. The second kappa shape index (κ2) is 11.1. The van der Waals surface area contributed by atoms with E-state index in [-0.39, 0.29) is 35.4 Å². The Morgan fingerprint density at radius 1 is 1.09 bits per heavy atom. The van der Waals surface area contributed by atoms with Crippen molar-refractivity contribution in [1.29, 1.82) is 0 Å². The van der Waals surface area contributed by atoms with Crippen molar-refractivity contribution in [2.24, 2.45) is 5.90 Å². The molecule has 0 aliphatic rings. The quantitative estimate of drug-likeness (QED) is 0.228. The van der Waals surface area contributed by atoms with Crippen LogP contribution in [0.5, 0.6) is 11.8 Å². The fourth-order valence-corrected chi connectivity index (χ4v) is 4.01. The number of nitrogens with one attached hydrogen (secondary N) is 3. The zero-order chi connectivity index (χ0) is 25.5. The van der Waals surface area contributed by atoms with E-state index in [9.17, 15) is 26.4 Å². The number of amides is 2. The Kier molecular flexibility index (Phi) is 8.68. The number of carbonyl (C=O) groups is 2. The lowest BCUT2D eigenvalue weighted by molar-refractivity contribution is -0.142. The predicted molar refractivity (Wildman–Crippen MR) is 116 cm³/mol. The Morgan fingerprint density at radius 3 is 2.35 bits per heavy atom. The molecule has 1 heterocycles. The molecule has 2 aromatic rings. The Hall–Kier alpha value is -3.54. The monoisotopic (exact) mass is 518 g/mol. The topological polar surface area (TPSA) is 218 Å². The second-order valence-electron chi connectivity index (χ2n) is 6.57. The minimum atomic E-state index is -4.54. The van der Waals surface area contributed by atoms with E-state index in [0.29, 0.717) is 0 Å². The third-order valence-corrected chi connectivity index (χ3v) is 5.93. The molecule has 0 spiro atoms. The Morgan fingerprint density at radius 2 is 1.76 bits per heavy atom. The zero-order valence-electron chi connectivity index (χ0n) is 18.2. The first-order valence-electron chi connectivity index (χ1n) is 9.16. The fourth-order valence-electron chi connectivity index (χ4n) is 2.40. The molecule has 0 radical (unpaired) electrons. The summed E-state index contributed by atoms with van der Waals surface area (Å²) in [5.41, 5.74) is 0.300. The van der Waals surface area contributed by atoms with Gasteiger partial charge in [0.15, 0.2) is 0 Å². The highest BCUT2D eigenvalue weighted by Gasteiger charge is 2.23. The highest BCUT2D eigenvalue weighted by molar-refractivity contribution is 7.90. The molecule has 0 atom stereocenters. The summed E-state index contributed by atoms with van der Waals surface area (Å²) < 4.78 is 62.3. The van der Waals surface area contributed by atoms with Crippen LogP contribution in [0.2, 0.25) is 0 Å². The van der Waals surface area contributed by atoms with E-state index in [1.165, 1.54) is 25.3 Å². The van der Waals surface area contributed by atoms with Crippen LogP contribution in [0.4, 0.5) is 10.7 Å². The molecule has 0 aliphatic heterocycles. The summed E-state index contributed by atoms with van der Waals surface area (Å²) in [4.78, 5) is 35.1. The largest absolute Gasteiger partial charge is 0.481 e. The molecule has 186 valence electrons. The van der Waals surface area contributed by atoms with Gasteiger partial charge in [0.25, 0.3) is 10.0 Å². The number of rotatable bonds is 10. The average molecular weight is 519 g/mol. The highest BCUT2D eigenvalue weighted by Crippen LogP contribution is 2.20. The van der Waals surface area contributed by atoms with Gasteiger partial charge in [0.2, 0.25) is 27.7 Å². The van der Waals surface area contributed by atoms with Crippen molar-refractivity contribution in [2.45, 2.75) is 25.0 Å². The van der Waals surface area contributed by atoms with Crippen LogP contribution in [0.1, 0.15) is 18.1 Å². The average Bonchev–Trinajstić information content (AvgIpc) is 2.75. The Balaban J connectivity index is 2.32. The van der Waals surface area contributed by atoms with Crippen molar-refractivity contribution < 1.29 is 40.7 Å². The summed E-state index contributed by atoms with van der Waals surface area (Å²) in [6.07, 6.45) is 0.938. The molecule has 1 aromatic heterocycles. The number of aromatic nitrogens is 2. The Bertz CT molecular complexity index is 1260. The van der Waals surface area contributed by atoms with Crippen LogP contribution in [-0.4, -0.2) is 52.2 Å². The van der Waals surface area contributed by atoms with Crippen molar-refractivity contribution in [2.75, 3.05) is 18.7 Å². The van der Waals surface area contributed by atoms with Gasteiger partial charge in [-0.1, -0.05) is 12.1 Å². The van der Waals surface area contributed by atoms with Gasteiger partial charge in [-0.25, -0.2) is 31.1 Å². The number of methoxy groups -OCH3 is 1. The SMILES string of the molecule is COc1cc(ON)nc(NC(=O)NS(=O)(=O)c2cc(CNS(C)(=O)=O)ccc2COC(C)=O)n1. The fraction of sp³-hybridized carbons (Fsp3) is 0.294. The number of sulfonamides is 2. The minimum Gasteiger partial charge on any atom is -0.481 e. The summed E-state index contributed by atoms with van der Waals surface area (Å²) in [6.45, 7) is 0.502. The zero-order valence-corrected chi connectivity index (χ0v) is 19.8. The first-order valence-corrected chi connectivity index (χ1v) is 12.5. The molecule has 5 N–H and O–H groups in total.